The summed E-state index contributed by atoms with van der Waals surface area (Å²) in [5.41, 5.74) is 1.11. The summed E-state index contributed by atoms with van der Waals surface area (Å²) in [5, 5.41) is 0. The molecule has 1 aliphatic rings. The lowest BCUT2D eigenvalue weighted by Gasteiger charge is -2.40. The van der Waals surface area contributed by atoms with Crippen LogP contribution in [0.2, 0.25) is 0 Å². The lowest BCUT2D eigenvalue weighted by molar-refractivity contribution is -0.846. The Kier molecular flexibility index (Phi) is 7.69. The molecule has 1 fully saturated rings. The zero-order chi connectivity index (χ0) is 23.1. The highest BCUT2D eigenvalue weighted by Gasteiger charge is 2.57. The van der Waals surface area contributed by atoms with E-state index < -0.39 is 23.8 Å². The summed E-state index contributed by atoms with van der Waals surface area (Å²) in [7, 11) is 3.14. The number of carbonyl (C=O) groups excluding carboxylic acids is 1. The topological polar surface area (TPSA) is 83.3 Å². The van der Waals surface area contributed by atoms with E-state index >= 15 is 0 Å². The van der Waals surface area contributed by atoms with Crippen LogP contribution < -0.4 is 9.47 Å². The van der Waals surface area contributed by atoms with Gasteiger partial charge in [-0.3, -0.25) is 4.79 Å². The molecule has 8 heteroatoms. The van der Waals surface area contributed by atoms with E-state index in [1.54, 1.807) is 14.2 Å². The lowest BCUT2D eigenvalue weighted by atomic mass is 9.73. The molecule has 0 aliphatic carbocycles. The third-order valence-electron chi connectivity index (χ3n) is 5.77. The van der Waals surface area contributed by atoms with E-state index in [0.29, 0.717) is 29.3 Å². The molecule has 1 heterocycles. The average Bonchev–Trinajstić information content (AvgIpc) is 2.79. The van der Waals surface area contributed by atoms with Gasteiger partial charge in [0.05, 0.1) is 31.1 Å². The highest BCUT2D eigenvalue weighted by Crippen LogP contribution is 2.41. The van der Waals surface area contributed by atoms with Crippen LogP contribution in [0.4, 0.5) is 0 Å². The van der Waals surface area contributed by atoms with Crippen molar-refractivity contribution in [3.8, 4) is 11.5 Å². The van der Waals surface area contributed by atoms with E-state index in [1.807, 2.05) is 55.5 Å². The van der Waals surface area contributed by atoms with Crippen LogP contribution in [0.1, 0.15) is 31.4 Å². The first-order valence-electron chi connectivity index (χ1n) is 10.6. The van der Waals surface area contributed by atoms with E-state index in [0.717, 1.165) is 11.1 Å². The van der Waals surface area contributed by atoms with Crippen LogP contribution in [0.3, 0.4) is 0 Å². The maximum Gasteiger partial charge on any atom is 0.313 e. The van der Waals surface area contributed by atoms with Gasteiger partial charge in [-0.05, 0) is 36.1 Å². The molecule has 1 aliphatic heterocycles. The van der Waals surface area contributed by atoms with E-state index in [1.165, 1.54) is 6.92 Å². The number of ether oxygens (including phenoxy) is 4. The molecule has 3 unspecified atom stereocenters. The van der Waals surface area contributed by atoms with Crippen molar-refractivity contribution in [3.63, 3.8) is 0 Å². The smallest absolute Gasteiger partial charge is 0.313 e. The van der Waals surface area contributed by atoms with Crippen molar-refractivity contribution < 1.29 is 33.5 Å². The van der Waals surface area contributed by atoms with Gasteiger partial charge in [0, 0.05) is 6.92 Å². The van der Waals surface area contributed by atoms with Crippen LogP contribution in [0.25, 0.3) is 0 Å². The number of hydrogen-bond acceptors (Lipinski definition) is 7. The standard InChI is InChI=1S/C24H30NO7/c1-5-24(14-19-11-12-20(28-3)21(13-19)29-4)16-25(27)32-23(22(24)31-17(2)26)30-15-18-9-7-6-8-10-18/h6-13,22-23H,5,14-16H2,1-4H3/q+1. The van der Waals surface area contributed by atoms with Crippen LogP contribution in [0.15, 0.2) is 48.5 Å². The van der Waals surface area contributed by atoms with Crippen LogP contribution in [0.5, 0.6) is 11.5 Å². The second-order valence-corrected chi connectivity index (χ2v) is 7.87. The van der Waals surface area contributed by atoms with Crippen LogP contribution in [-0.4, -0.2) is 44.1 Å². The fourth-order valence-electron chi connectivity index (χ4n) is 4.07. The number of rotatable bonds is 9. The average molecular weight is 445 g/mol. The SMILES string of the molecule is CCC1(Cc2ccc(OC)c(OC)c2)C[N+](=O)OC(OCc2ccccc2)C1OC(C)=O. The highest BCUT2D eigenvalue weighted by molar-refractivity contribution is 5.66. The molecule has 3 rings (SSSR count). The van der Waals surface area contributed by atoms with Crippen molar-refractivity contribution in [3.05, 3.63) is 64.6 Å². The molecule has 1 saturated heterocycles. The van der Waals surface area contributed by atoms with Gasteiger partial charge in [0.15, 0.2) is 17.6 Å². The Bertz CT molecular complexity index is 933. The number of benzene rings is 2. The largest absolute Gasteiger partial charge is 0.493 e. The maximum atomic E-state index is 12.5. The number of esters is 1. The fourth-order valence-corrected chi connectivity index (χ4v) is 4.07. The fraction of sp³-hybridized carbons (Fsp3) is 0.458. The van der Waals surface area contributed by atoms with Gasteiger partial charge in [0.25, 0.3) is 6.54 Å². The van der Waals surface area contributed by atoms with Crippen molar-refractivity contribution in [2.45, 2.75) is 45.7 Å². The predicted octanol–water partition coefficient (Wildman–Crippen LogP) is 3.84. The molecule has 0 amide bonds. The third kappa shape index (κ3) is 5.37. The van der Waals surface area contributed by atoms with Crippen molar-refractivity contribution >= 4 is 5.97 Å². The minimum Gasteiger partial charge on any atom is -0.493 e. The van der Waals surface area contributed by atoms with Gasteiger partial charge < -0.3 is 18.9 Å². The molecular weight excluding hydrogens is 414 g/mol. The van der Waals surface area contributed by atoms with Gasteiger partial charge >= 0.3 is 12.3 Å². The van der Waals surface area contributed by atoms with E-state index in [9.17, 15) is 9.70 Å². The van der Waals surface area contributed by atoms with Gasteiger partial charge in [-0.15, -0.1) is 0 Å². The maximum absolute atomic E-state index is 12.5. The second-order valence-electron chi connectivity index (χ2n) is 7.87. The molecule has 32 heavy (non-hydrogen) atoms. The van der Waals surface area contributed by atoms with Gasteiger partial charge in [0.1, 0.15) is 0 Å². The summed E-state index contributed by atoms with van der Waals surface area (Å²) >= 11 is 0. The number of hydrogen-bond donors (Lipinski definition) is 0. The molecule has 0 bridgehead atoms. The molecule has 0 N–H and O–H groups in total. The first-order chi connectivity index (χ1) is 15.4. The quantitative estimate of drug-likeness (QED) is 0.544. The summed E-state index contributed by atoms with van der Waals surface area (Å²) < 4.78 is 22.4. The zero-order valence-corrected chi connectivity index (χ0v) is 18.9. The molecule has 0 aromatic heterocycles. The monoisotopic (exact) mass is 444 g/mol. The molecular formula is C24H30NO7+. The van der Waals surface area contributed by atoms with Crippen LogP contribution in [0, 0.1) is 10.3 Å². The Hall–Kier alpha value is -3.13. The summed E-state index contributed by atoms with van der Waals surface area (Å²) in [6.45, 7) is 3.55. The predicted molar refractivity (Wildman–Crippen MR) is 116 cm³/mol. The summed E-state index contributed by atoms with van der Waals surface area (Å²) in [4.78, 5) is 30.5. The van der Waals surface area contributed by atoms with Gasteiger partial charge in [-0.1, -0.05) is 43.3 Å². The number of carbonyl (C=O) groups is 1. The van der Waals surface area contributed by atoms with Gasteiger partial charge in [-0.25, -0.2) is 0 Å². The Labute approximate surface area is 187 Å². The zero-order valence-electron chi connectivity index (χ0n) is 18.9. The molecule has 0 saturated carbocycles. The van der Waals surface area contributed by atoms with Gasteiger partial charge in [-0.2, -0.15) is 4.84 Å². The van der Waals surface area contributed by atoms with Crippen molar-refractivity contribution in [1.29, 1.82) is 0 Å². The van der Waals surface area contributed by atoms with Crippen molar-refractivity contribution in [1.82, 2.24) is 0 Å². The molecule has 2 aromatic carbocycles. The first-order valence-corrected chi connectivity index (χ1v) is 10.6. The summed E-state index contributed by atoms with van der Waals surface area (Å²) in [5.74, 6) is 0.736. The second kappa shape index (κ2) is 10.5. The third-order valence-corrected chi connectivity index (χ3v) is 5.77. The molecule has 2 aromatic rings. The summed E-state index contributed by atoms with van der Waals surface area (Å²) in [6, 6.07) is 15.1. The van der Waals surface area contributed by atoms with Gasteiger partial charge in [0.2, 0.25) is 4.92 Å². The Morgan fingerprint density at radius 1 is 1.09 bits per heavy atom. The molecule has 0 radical (unpaired) electrons. The van der Waals surface area contributed by atoms with E-state index in [2.05, 4.69) is 0 Å². The minimum absolute atomic E-state index is 0.0288. The Morgan fingerprint density at radius 3 is 2.44 bits per heavy atom. The molecule has 172 valence electrons. The van der Waals surface area contributed by atoms with Crippen molar-refractivity contribution in [2.24, 2.45) is 5.41 Å². The highest BCUT2D eigenvalue weighted by atomic mass is 16.8. The summed E-state index contributed by atoms with van der Waals surface area (Å²) in [6.07, 6.45) is -0.792. The van der Waals surface area contributed by atoms with Crippen molar-refractivity contribution in [2.75, 3.05) is 20.8 Å². The normalized spacial score (nSPS) is 22.7. The minimum atomic E-state index is -1.04. The first kappa shape index (κ1) is 23.5. The Morgan fingerprint density at radius 2 is 1.81 bits per heavy atom. The molecule has 0 spiro atoms. The van der Waals surface area contributed by atoms with Crippen LogP contribution >= 0.6 is 0 Å². The Balaban J connectivity index is 1.91. The van der Waals surface area contributed by atoms with E-state index in [-0.39, 0.29) is 13.2 Å². The lowest BCUT2D eigenvalue weighted by Crippen LogP contribution is -2.58. The number of nitrogens with zero attached hydrogens (tertiary/aromatic N) is 1. The molecule has 3 atom stereocenters. The van der Waals surface area contributed by atoms with Crippen LogP contribution in [-0.2, 0) is 32.1 Å². The molecule has 8 nitrogen and oxygen atoms in total. The number of methoxy groups -OCH3 is 2. The van der Waals surface area contributed by atoms with E-state index in [4.69, 9.17) is 23.8 Å².